The maximum Gasteiger partial charge on any atom is 0.221 e. The van der Waals surface area contributed by atoms with Crippen molar-refractivity contribution in [2.24, 2.45) is 23.5 Å². The molecule has 2 rings (SSSR count). The van der Waals surface area contributed by atoms with Gasteiger partial charge in [0.15, 0.2) is 0 Å². The zero-order valence-corrected chi connectivity index (χ0v) is 9.24. The molecule has 0 aromatic carbocycles. The fraction of sp³-hybridized carbons (Fsp3) is 0.833. The Labute approximate surface area is 91.8 Å². The van der Waals surface area contributed by atoms with E-state index in [1.165, 1.54) is 32.1 Å². The molecule has 1 saturated carbocycles. The molecule has 85 valence electrons. The second kappa shape index (κ2) is 4.97. The number of rotatable bonds is 2. The Kier molecular flexibility index (Phi) is 3.62. The third-order valence-corrected chi connectivity index (χ3v) is 3.94. The number of hydrogen-bond donors (Lipinski definition) is 2. The summed E-state index contributed by atoms with van der Waals surface area (Å²) in [5.74, 6) is 1.04. The normalized spacial score (nSPS) is 33.9. The van der Waals surface area contributed by atoms with Gasteiger partial charge in [0.1, 0.15) is 0 Å². The van der Waals surface area contributed by atoms with Crippen LogP contribution >= 0.6 is 0 Å². The van der Waals surface area contributed by atoms with Crippen molar-refractivity contribution >= 4 is 5.91 Å². The Morgan fingerprint density at radius 2 is 2.00 bits per heavy atom. The van der Waals surface area contributed by atoms with E-state index in [4.69, 9.17) is 5.73 Å². The number of nitrogens with two attached hydrogens (primary N) is 1. The fourth-order valence-corrected chi connectivity index (χ4v) is 3.11. The summed E-state index contributed by atoms with van der Waals surface area (Å²) in [7, 11) is 0. The van der Waals surface area contributed by atoms with Crippen LogP contribution in [0.4, 0.5) is 0 Å². The van der Waals surface area contributed by atoms with E-state index in [1.807, 2.05) is 0 Å². The molecule has 3 heteroatoms. The highest BCUT2D eigenvalue weighted by Crippen LogP contribution is 2.35. The first-order chi connectivity index (χ1) is 7.29. The first-order valence-corrected chi connectivity index (χ1v) is 6.12. The Morgan fingerprint density at radius 3 is 2.67 bits per heavy atom. The van der Waals surface area contributed by atoms with Gasteiger partial charge in [-0.25, -0.2) is 0 Å². The number of piperidine rings is 1. The lowest BCUT2D eigenvalue weighted by Crippen LogP contribution is -2.46. The van der Waals surface area contributed by atoms with E-state index >= 15 is 0 Å². The van der Waals surface area contributed by atoms with Gasteiger partial charge in [-0.15, -0.1) is 0 Å². The Bertz CT molecular complexity index is 224. The number of amides is 1. The SMILES string of the molecule is NC(=O)C1[CH]CNCC1C1CCCCC1. The van der Waals surface area contributed by atoms with Crippen LogP contribution in [0.2, 0.25) is 0 Å². The predicted octanol–water partition coefficient (Wildman–Crippen LogP) is 1.09. The average Bonchev–Trinajstić information content (AvgIpc) is 2.30. The molecule has 15 heavy (non-hydrogen) atoms. The second-order valence-electron chi connectivity index (χ2n) is 4.88. The minimum atomic E-state index is -0.132. The van der Waals surface area contributed by atoms with Crippen LogP contribution in [-0.2, 0) is 4.79 Å². The van der Waals surface area contributed by atoms with Crippen molar-refractivity contribution in [1.82, 2.24) is 5.32 Å². The van der Waals surface area contributed by atoms with Crippen LogP contribution in [0, 0.1) is 24.2 Å². The minimum Gasteiger partial charge on any atom is -0.369 e. The molecule has 2 unspecified atom stereocenters. The van der Waals surface area contributed by atoms with E-state index in [-0.39, 0.29) is 11.8 Å². The summed E-state index contributed by atoms with van der Waals surface area (Å²) >= 11 is 0. The lowest BCUT2D eigenvalue weighted by atomic mass is 9.71. The van der Waals surface area contributed by atoms with Gasteiger partial charge in [-0.2, -0.15) is 0 Å². The topological polar surface area (TPSA) is 55.1 Å². The van der Waals surface area contributed by atoms with E-state index in [0.717, 1.165) is 13.1 Å². The summed E-state index contributed by atoms with van der Waals surface area (Å²) in [6, 6.07) is 0. The third-order valence-electron chi connectivity index (χ3n) is 3.94. The molecule has 2 fully saturated rings. The van der Waals surface area contributed by atoms with Crippen LogP contribution in [0.5, 0.6) is 0 Å². The predicted molar refractivity (Wildman–Crippen MR) is 59.9 cm³/mol. The van der Waals surface area contributed by atoms with E-state index in [2.05, 4.69) is 11.7 Å². The van der Waals surface area contributed by atoms with Crippen LogP contribution in [0.15, 0.2) is 0 Å². The van der Waals surface area contributed by atoms with Gasteiger partial charge in [-0.05, 0) is 31.3 Å². The summed E-state index contributed by atoms with van der Waals surface area (Å²) in [6.45, 7) is 1.80. The fourth-order valence-electron chi connectivity index (χ4n) is 3.11. The Hall–Kier alpha value is -0.570. The highest BCUT2D eigenvalue weighted by atomic mass is 16.1. The maximum absolute atomic E-state index is 11.4. The quantitative estimate of drug-likeness (QED) is 0.715. The first kappa shape index (κ1) is 10.9. The molecule has 0 aromatic heterocycles. The van der Waals surface area contributed by atoms with Gasteiger partial charge in [-0.1, -0.05) is 32.1 Å². The first-order valence-electron chi connectivity index (χ1n) is 6.12. The molecular weight excluding hydrogens is 188 g/mol. The molecule has 2 aliphatic rings. The van der Waals surface area contributed by atoms with E-state index in [0.29, 0.717) is 11.8 Å². The van der Waals surface area contributed by atoms with Crippen LogP contribution in [0.3, 0.4) is 0 Å². The number of primary amides is 1. The molecule has 1 amide bonds. The van der Waals surface area contributed by atoms with Crippen molar-refractivity contribution in [3.05, 3.63) is 6.42 Å². The highest BCUT2D eigenvalue weighted by Gasteiger charge is 2.35. The molecule has 0 spiro atoms. The number of carbonyl (C=O) groups is 1. The minimum absolute atomic E-state index is 0.00866. The molecule has 0 aromatic rings. The van der Waals surface area contributed by atoms with Crippen LogP contribution < -0.4 is 11.1 Å². The molecular formula is C12H21N2O. The van der Waals surface area contributed by atoms with E-state index in [9.17, 15) is 4.79 Å². The van der Waals surface area contributed by atoms with E-state index < -0.39 is 0 Å². The van der Waals surface area contributed by atoms with Crippen LogP contribution in [0.25, 0.3) is 0 Å². The largest absolute Gasteiger partial charge is 0.369 e. The molecule has 0 bridgehead atoms. The van der Waals surface area contributed by atoms with Crippen LogP contribution in [0.1, 0.15) is 32.1 Å². The zero-order chi connectivity index (χ0) is 10.7. The molecule has 1 saturated heterocycles. The summed E-state index contributed by atoms with van der Waals surface area (Å²) in [5.41, 5.74) is 5.47. The second-order valence-corrected chi connectivity index (χ2v) is 4.88. The van der Waals surface area contributed by atoms with Crippen molar-refractivity contribution in [2.75, 3.05) is 13.1 Å². The molecule has 1 radical (unpaired) electrons. The summed E-state index contributed by atoms with van der Waals surface area (Å²) in [5, 5.41) is 3.35. The Morgan fingerprint density at radius 1 is 1.27 bits per heavy atom. The van der Waals surface area contributed by atoms with Crippen molar-refractivity contribution in [3.63, 3.8) is 0 Å². The molecule has 1 aliphatic carbocycles. The number of nitrogens with one attached hydrogen (secondary N) is 1. The van der Waals surface area contributed by atoms with Crippen molar-refractivity contribution < 1.29 is 4.79 Å². The van der Waals surface area contributed by atoms with Gasteiger partial charge in [0.25, 0.3) is 0 Å². The molecule has 3 N–H and O–H groups in total. The third kappa shape index (κ3) is 2.51. The van der Waals surface area contributed by atoms with Gasteiger partial charge >= 0.3 is 0 Å². The van der Waals surface area contributed by atoms with Crippen molar-refractivity contribution in [2.45, 2.75) is 32.1 Å². The van der Waals surface area contributed by atoms with Gasteiger partial charge in [-0.3, -0.25) is 4.79 Å². The molecule has 3 nitrogen and oxygen atoms in total. The van der Waals surface area contributed by atoms with Gasteiger partial charge in [0, 0.05) is 5.92 Å². The highest BCUT2D eigenvalue weighted by molar-refractivity contribution is 5.78. The van der Waals surface area contributed by atoms with Gasteiger partial charge < -0.3 is 11.1 Å². The lowest BCUT2D eigenvalue weighted by Gasteiger charge is -2.37. The summed E-state index contributed by atoms with van der Waals surface area (Å²) in [4.78, 5) is 11.4. The molecule has 1 aliphatic heterocycles. The van der Waals surface area contributed by atoms with Crippen LogP contribution in [-0.4, -0.2) is 19.0 Å². The zero-order valence-electron chi connectivity index (χ0n) is 9.24. The number of hydrogen-bond acceptors (Lipinski definition) is 2. The summed E-state index contributed by atoms with van der Waals surface area (Å²) < 4.78 is 0. The smallest absolute Gasteiger partial charge is 0.221 e. The van der Waals surface area contributed by atoms with Crippen molar-refractivity contribution in [1.29, 1.82) is 0 Å². The van der Waals surface area contributed by atoms with Gasteiger partial charge in [0.2, 0.25) is 5.91 Å². The standard InChI is InChI=1S/C12H21N2O/c13-12(15)10-6-7-14-8-11(10)9-4-2-1-3-5-9/h6,9-11,14H,1-5,7-8H2,(H2,13,15). The monoisotopic (exact) mass is 209 g/mol. The maximum atomic E-state index is 11.4. The lowest BCUT2D eigenvalue weighted by molar-refractivity contribution is -0.123. The van der Waals surface area contributed by atoms with E-state index in [1.54, 1.807) is 0 Å². The average molecular weight is 209 g/mol. The van der Waals surface area contributed by atoms with Crippen molar-refractivity contribution in [3.8, 4) is 0 Å². The molecule has 2 atom stereocenters. The number of carbonyl (C=O) groups excluding carboxylic acids is 1. The van der Waals surface area contributed by atoms with Gasteiger partial charge in [0.05, 0.1) is 0 Å². The Balaban J connectivity index is 1.99. The molecule has 1 heterocycles. The summed E-state index contributed by atoms with van der Waals surface area (Å²) in [6.07, 6.45) is 8.64.